The molecule has 1 amide bonds. The summed E-state index contributed by atoms with van der Waals surface area (Å²) in [7, 11) is -0.484. The van der Waals surface area contributed by atoms with E-state index in [1.54, 1.807) is 18.5 Å². The Morgan fingerprint density at radius 1 is 0.971 bits per heavy atom. The number of nitrogens with one attached hydrogen (secondary N) is 2. The van der Waals surface area contributed by atoms with E-state index in [9.17, 15) is 4.79 Å². The SMILES string of the molecule is CC1(C)OB(c2cccc3c2-c2ccccc2C3NC(=O)c2ccnc3[nH]ccc23)OC1(C)C. The lowest BCUT2D eigenvalue weighted by molar-refractivity contribution is 0.00578. The third-order valence-corrected chi connectivity index (χ3v) is 7.47. The second kappa shape index (κ2) is 7.29. The maximum absolute atomic E-state index is 13.4. The average molecular weight is 451 g/mol. The van der Waals surface area contributed by atoms with Gasteiger partial charge in [-0.2, -0.15) is 0 Å². The number of fused-ring (bicyclic) bond motifs is 4. The van der Waals surface area contributed by atoms with Crippen molar-refractivity contribution in [1.29, 1.82) is 0 Å². The Morgan fingerprint density at radius 2 is 1.71 bits per heavy atom. The topological polar surface area (TPSA) is 76.2 Å². The van der Waals surface area contributed by atoms with E-state index >= 15 is 0 Å². The highest BCUT2D eigenvalue weighted by Crippen LogP contribution is 2.44. The molecule has 0 spiro atoms. The van der Waals surface area contributed by atoms with E-state index in [0.29, 0.717) is 11.2 Å². The molecule has 2 N–H and O–H groups in total. The number of nitrogens with zero attached hydrogens (tertiary/aromatic N) is 1. The zero-order valence-electron chi connectivity index (χ0n) is 19.7. The van der Waals surface area contributed by atoms with E-state index in [0.717, 1.165) is 33.1 Å². The van der Waals surface area contributed by atoms with Crippen LogP contribution >= 0.6 is 0 Å². The van der Waals surface area contributed by atoms with Gasteiger partial charge in [0.25, 0.3) is 5.91 Å². The third-order valence-electron chi connectivity index (χ3n) is 7.47. The van der Waals surface area contributed by atoms with Crippen molar-refractivity contribution in [3.8, 4) is 11.1 Å². The Kier molecular flexibility index (Phi) is 4.53. The smallest absolute Gasteiger partial charge is 0.399 e. The Bertz CT molecular complexity index is 1430. The summed E-state index contributed by atoms with van der Waals surface area (Å²) in [5.41, 5.74) is 5.68. The molecular weight excluding hydrogens is 425 g/mol. The Morgan fingerprint density at radius 3 is 2.50 bits per heavy atom. The van der Waals surface area contributed by atoms with Crippen LogP contribution in [0.5, 0.6) is 0 Å². The summed E-state index contributed by atoms with van der Waals surface area (Å²) in [6.07, 6.45) is 3.45. The summed E-state index contributed by atoms with van der Waals surface area (Å²) < 4.78 is 12.8. The van der Waals surface area contributed by atoms with Gasteiger partial charge < -0.3 is 19.6 Å². The standard InChI is InChI=1S/C27H26BN3O3/c1-26(2)27(3,4)34-28(33-26)21-11-7-10-20-22(21)16-8-5-6-9-17(16)23(20)31-25(32)19-13-15-30-24-18(19)12-14-29-24/h5-15,23H,1-4H3,(H,29,30)(H,31,32). The molecule has 170 valence electrons. The zero-order valence-corrected chi connectivity index (χ0v) is 19.7. The normalized spacial score (nSPS) is 19.8. The number of hydrogen-bond acceptors (Lipinski definition) is 4. The molecule has 1 aliphatic carbocycles. The lowest BCUT2D eigenvalue weighted by atomic mass is 9.74. The molecule has 1 atom stereocenters. The van der Waals surface area contributed by atoms with Crippen molar-refractivity contribution in [1.82, 2.24) is 15.3 Å². The Hall–Kier alpha value is -3.42. The maximum Gasteiger partial charge on any atom is 0.495 e. The van der Waals surface area contributed by atoms with Crippen molar-refractivity contribution in [2.45, 2.75) is 44.9 Å². The van der Waals surface area contributed by atoms with Crippen molar-refractivity contribution in [3.63, 3.8) is 0 Å². The van der Waals surface area contributed by atoms with E-state index in [1.165, 1.54) is 0 Å². The first-order valence-electron chi connectivity index (χ1n) is 11.6. The number of benzene rings is 2. The number of rotatable bonds is 3. The van der Waals surface area contributed by atoms with E-state index in [1.807, 2.05) is 24.3 Å². The maximum atomic E-state index is 13.4. The van der Waals surface area contributed by atoms with Crippen LogP contribution in [0.2, 0.25) is 0 Å². The van der Waals surface area contributed by atoms with Gasteiger partial charge in [-0.3, -0.25) is 4.79 Å². The van der Waals surface area contributed by atoms with Gasteiger partial charge in [-0.05, 0) is 67.5 Å². The fraction of sp³-hybridized carbons (Fsp3) is 0.259. The van der Waals surface area contributed by atoms with Crippen LogP contribution in [0.1, 0.15) is 55.2 Å². The van der Waals surface area contributed by atoms with Crippen LogP contribution in [-0.2, 0) is 9.31 Å². The highest BCUT2D eigenvalue weighted by molar-refractivity contribution is 6.64. The molecule has 1 aliphatic heterocycles. The second-order valence-electron chi connectivity index (χ2n) is 9.99. The van der Waals surface area contributed by atoms with Crippen molar-refractivity contribution >= 4 is 29.5 Å². The molecular formula is C27H26BN3O3. The Labute approximate surface area is 198 Å². The summed E-state index contributed by atoms with van der Waals surface area (Å²) in [5.74, 6) is -0.138. The number of hydrogen-bond donors (Lipinski definition) is 2. The van der Waals surface area contributed by atoms with Gasteiger partial charge in [0.05, 0.1) is 22.8 Å². The first-order chi connectivity index (χ1) is 16.3. The molecule has 3 heterocycles. The molecule has 2 aromatic heterocycles. The number of aromatic nitrogens is 2. The van der Waals surface area contributed by atoms with Crippen LogP contribution in [-0.4, -0.2) is 34.2 Å². The molecule has 34 heavy (non-hydrogen) atoms. The monoisotopic (exact) mass is 451 g/mol. The minimum absolute atomic E-state index is 0.138. The van der Waals surface area contributed by atoms with E-state index in [-0.39, 0.29) is 11.9 Å². The van der Waals surface area contributed by atoms with Gasteiger partial charge in [0.1, 0.15) is 5.65 Å². The summed E-state index contributed by atoms with van der Waals surface area (Å²) in [4.78, 5) is 20.8. The van der Waals surface area contributed by atoms with Crippen molar-refractivity contribution in [3.05, 3.63) is 83.7 Å². The number of H-pyrrole nitrogens is 1. The van der Waals surface area contributed by atoms with Crippen molar-refractivity contribution in [2.24, 2.45) is 0 Å². The number of amides is 1. The molecule has 0 bridgehead atoms. The third kappa shape index (κ3) is 3.04. The van der Waals surface area contributed by atoms with E-state index in [4.69, 9.17) is 9.31 Å². The van der Waals surface area contributed by atoms with Crippen LogP contribution in [0.3, 0.4) is 0 Å². The minimum atomic E-state index is -0.484. The predicted octanol–water partition coefficient (Wildman–Crippen LogP) is 4.36. The van der Waals surface area contributed by atoms with E-state index < -0.39 is 18.3 Å². The van der Waals surface area contributed by atoms with Gasteiger partial charge in [-0.15, -0.1) is 0 Å². The molecule has 2 aromatic carbocycles. The van der Waals surface area contributed by atoms with Crippen LogP contribution in [0, 0.1) is 0 Å². The lowest BCUT2D eigenvalue weighted by Crippen LogP contribution is -2.41. The largest absolute Gasteiger partial charge is 0.495 e. The molecule has 1 saturated heterocycles. The summed E-state index contributed by atoms with van der Waals surface area (Å²) >= 11 is 0. The van der Waals surface area contributed by atoms with Crippen molar-refractivity contribution < 1.29 is 14.1 Å². The number of carbonyl (C=O) groups excluding carboxylic acids is 1. The molecule has 0 saturated carbocycles. The average Bonchev–Trinajstić information content (AvgIpc) is 3.47. The summed E-state index contributed by atoms with van der Waals surface area (Å²) in [6.45, 7) is 8.24. The van der Waals surface area contributed by atoms with Crippen LogP contribution in [0.15, 0.2) is 67.0 Å². The van der Waals surface area contributed by atoms with Gasteiger partial charge in [-0.25, -0.2) is 4.98 Å². The quantitative estimate of drug-likeness (QED) is 0.454. The summed E-state index contributed by atoms with van der Waals surface area (Å²) in [6, 6.07) is 17.7. The lowest BCUT2D eigenvalue weighted by Gasteiger charge is -2.32. The van der Waals surface area contributed by atoms with Gasteiger partial charge in [0, 0.05) is 17.8 Å². The van der Waals surface area contributed by atoms with Crippen LogP contribution < -0.4 is 10.8 Å². The molecule has 6 rings (SSSR count). The molecule has 1 fully saturated rings. The predicted molar refractivity (Wildman–Crippen MR) is 133 cm³/mol. The number of carbonyl (C=O) groups is 1. The highest BCUT2D eigenvalue weighted by Gasteiger charge is 2.53. The first-order valence-corrected chi connectivity index (χ1v) is 11.6. The number of pyridine rings is 1. The number of aromatic amines is 1. The van der Waals surface area contributed by atoms with Crippen LogP contribution in [0.4, 0.5) is 0 Å². The zero-order chi connectivity index (χ0) is 23.7. The molecule has 4 aromatic rings. The van der Waals surface area contributed by atoms with Crippen LogP contribution in [0.25, 0.3) is 22.2 Å². The van der Waals surface area contributed by atoms with E-state index in [2.05, 4.69) is 67.2 Å². The van der Waals surface area contributed by atoms with Gasteiger partial charge in [-0.1, -0.05) is 42.5 Å². The molecule has 2 aliphatic rings. The molecule has 6 nitrogen and oxygen atoms in total. The molecule has 7 heteroatoms. The van der Waals surface area contributed by atoms with Gasteiger partial charge in [0.2, 0.25) is 0 Å². The first kappa shape index (κ1) is 21.1. The Balaban J connectivity index is 1.43. The molecule has 1 unspecified atom stereocenters. The molecule has 0 radical (unpaired) electrons. The fourth-order valence-electron chi connectivity index (χ4n) is 4.97. The summed E-state index contributed by atoms with van der Waals surface area (Å²) in [5, 5.41) is 4.08. The van der Waals surface area contributed by atoms with Gasteiger partial charge in [0.15, 0.2) is 0 Å². The van der Waals surface area contributed by atoms with Gasteiger partial charge >= 0.3 is 7.12 Å². The highest BCUT2D eigenvalue weighted by atomic mass is 16.7. The second-order valence-corrected chi connectivity index (χ2v) is 9.99. The minimum Gasteiger partial charge on any atom is -0.399 e. The van der Waals surface area contributed by atoms with Crippen molar-refractivity contribution in [2.75, 3.05) is 0 Å². The fourth-order valence-corrected chi connectivity index (χ4v) is 4.97.